The molecule has 0 atom stereocenters. The molecule has 3 aromatic carbocycles. The Bertz CT molecular complexity index is 1250. The molecule has 0 aromatic heterocycles. The second-order valence-corrected chi connectivity index (χ2v) is 8.35. The fraction of sp³-hybridized carbons (Fsp3) is 0.269. The second-order valence-electron chi connectivity index (χ2n) is 8.35. The predicted octanol–water partition coefficient (Wildman–Crippen LogP) is 4.46. The zero-order valence-electron chi connectivity index (χ0n) is 19.4. The van der Waals surface area contributed by atoms with E-state index < -0.39 is 17.6 Å². The Labute approximate surface area is 192 Å². The molecule has 172 valence electrons. The van der Waals surface area contributed by atoms with E-state index in [0.717, 1.165) is 17.4 Å². The first kappa shape index (κ1) is 23.8. The smallest absolute Gasteiger partial charge is 0.296 e. The Morgan fingerprint density at radius 2 is 1.61 bits per heavy atom. The zero-order chi connectivity index (χ0) is 24.3. The number of ketones is 1. The van der Waals surface area contributed by atoms with E-state index in [1.807, 2.05) is 32.9 Å². The van der Waals surface area contributed by atoms with E-state index in [2.05, 4.69) is 5.32 Å². The van der Waals surface area contributed by atoms with Crippen molar-refractivity contribution >= 4 is 34.1 Å². The number of amides is 2. The number of nitrogens with two attached hydrogens (primary N) is 1. The van der Waals surface area contributed by atoms with Crippen molar-refractivity contribution in [3.63, 3.8) is 0 Å². The van der Waals surface area contributed by atoms with Crippen LogP contribution in [0.1, 0.15) is 53.5 Å². The van der Waals surface area contributed by atoms with Gasteiger partial charge in [-0.2, -0.15) is 0 Å². The maximum atomic E-state index is 13.1. The number of fused-ring (bicyclic) bond motifs is 1. The number of carbonyl (C=O) groups is 3. The summed E-state index contributed by atoms with van der Waals surface area (Å²) in [6, 6.07) is 13.8. The number of anilines is 1. The SMILES string of the molecule is CCC(C)(C)c1cc(NC(=O)C(=O)c2ccc(OC)c3ccccc23)c(OC)c(C(N)=O)c1. The van der Waals surface area contributed by atoms with E-state index >= 15 is 0 Å². The number of primary amides is 1. The van der Waals surface area contributed by atoms with Crippen LogP contribution < -0.4 is 20.5 Å². The summed E-state index contributed by atoms with van der Waals surface area (Å²) >= 11 is 0. The molecule has 0 heterocycles. The van der Waals surface area contributed by atoms with Crippen molar-refractivity contribution < 1.29 is 23.9 Å². The highest BCUT2D eigenvalue weighted by atomic mass is 16.5. The Balaban J connectivity index is 2.07. The van der Waals surface area contributed by atoms with E-state index in [9.17, 15) is 14.4 Å². The van der Waals surface area contributed by atoms with E-state index in [1.165, 1.54) is 7.11 Å². The Morgan fingerprint density at radius 3 is 2.18 bits per heavy atom. The summed E-state index contributed by atoms with van der Waals surface area (Å²) in [7, 11) is 2.92. The molecule has 0 aliphatic carbocycles. The highest BCUT2D eigenvalue weighted by Crippen LogP contribution is 2.37. The van der Waals surface area contributed by atoms with Crippen LogP contribution in [0, 0.1) is 0 Å². The minimum atomic E-state index is -0.856. The molecule has 2 amide bonds. The molecular formula is C26H28N2O5. The fourth-order valence-corrected chi connectivity index (χ4v) is 3.67. The molecule has 0 spiro atoms. The van der Waals surface area contributed by atoms with Crippen molar-refractivity contribution in [1.29, 1.82) is 0 Å². The largest absolute Gasteiger partial charge is 0.496 e. The lowest BCUT2D eigenvalue weighted by atomic mass is 9.81. The lowest BCUT2D eigenvalue weighted by molar-refractivity contribution is -0.112. The predicted molar refractivity (Wildman–Crippen MR) is 128 cm³/mol. The van der Waals surface area contributed by atoms with Crippen LogP contribution in [0.15, 0.2) is 48.5 Å². The molecule has 33 heavy (non-hydrogen) atoms. The molecule has 0 unspecified atom stereocenters. The molecule has 0 bridgehead atoms. The molecule has 0 radical (unpaired) electrons. The van der Waals surface area contributed by atoms with Gasteiger partial charge in [0.05, 0.1) is 25.5 Å². The zero-order valence-corrected chi connectivity index (χ0v) is 19.4. The van der Waals surface area contributed by atoms with Gasteiger partial charge in [-0.3, -0.25) is 14.4 Å². The molecule has 0 saturated carbocycles. The molecule has 3 rings (SSSR count). The van der Waals surface area contributed by atoms with Gasteiger partial charge in [-0.1, -0.05) is 45.0 Å². The van der Waals surface area contributed by atoms with Crippen molar-refractivity contribution in [3.05, 3.63) is 65.2 Å². The summed E-state index contributed by atoms with van der Waals surface area (Å²) in [5, 5.41) is 3.95. The number of ether oxygens (including phenoxy) is 2. The number of nitrogens with one attached hydrogen (secondary N) is 1. The van der Waals surface area contributed by atoms with Crippen LogP contribution in [0.5, 0.6) is 11.5 Å². The monoisotopic (exact) mass is 448 g/mol. The van der Waals surface area contributed by atoms with Gasteiger partial charge in [-0.15, -0.1) is 0 Å². The fourth-order valence-electron chi connectivity index (χ4n) is 3.67. The quantitative estimate of drug-likeness (QED) is 0.391. The van der Waals surface area contributed by atoms with Crippen LogP contribution in [0.25, 0.3) is 10.8 Å². The van der Waals surface area contributed by atoms with Gasteiger partial charge >= 0.3 is 0 Å². The van der Waals surface area contributed by atoms with Gasteiger partial charge in [0, 0.05) is 10.9 Å². The summed E-state index contributed by atoms with van der Waals surface area (Å²) in [4.78, 5) is 38.3. The van der Waals surface area contributed by atoms with Gasteiger partial charge in [0.25, 0.3) is 17.6 Å². The van der Waals surface area contributed by atoms with Gasteiger partial charge in [0.15, 0.2) is 5.75 Å². The third-order valence-electron chi connectivity index (χ3n) is 6.03. The number of Topliss-reactive ketones (excluding diaryl/α,β-unsaturated/α-hetero) is 1. The number of carbonyl (C=O) groups excluding carboxylic acids is 3. The maximum absolute atomic E-state index is 13.1. The normalized spacial score (nSPS) is 11.2. The van der Waals surface area contributed by atoms with Crippen LogP contribution in [0.4, 0.5) is 5.69 Å². The summed E-state index contributed by atoms with van der Waals surface area (Å²) in [6.45, 7) is 6.05. The second kappa shape index (κ2) is 9.32. The minimum absolute atomic E-state index is 0.110. The number of rotatable bonds is 8. The van der Waals surface area contributed by atoms with E-state index in [0.29, 0.717) is 11.1 Å². The maximum Gasteiger partial charge on any atom is 0.296 e. The van der Waals surface area contributed by atoms with Crippen LogP contribution in [0.3, 0.4) is 0 Å². The van der Waals surface area contributed by atoms with E-state index in [-0.39, 0.29) is 28.0 Å². The van der Waals surface area contributed by atoms with Crippen molar-refractivity contribution in [2.75, 3.05) is 19.5 Å². The first-order valence-corrected chi connectivity index (χ1v) is 10.6. The molecule has 3 aromatic rings. The minimum Gasteiger partial charge on any atom is -0.496 e. The molecular weight excluding hydrogens is 420 g/mol. The number of benzene rings is 3. The van der Waals surface area contributed by atoms with Crippen molar-refractivity contribution in [2.24, 2.45) is 5.73 Å². The van der Waals surface area contributed by atoms with Gasteiger partial charge < -0.3 is 20.5 Å². The number of hydrogen-bond acceptors (Lipinski definition) is 5. The van der Waals surface area contributed by atoms with Crippen molar-refractivity contribution in [2.45, 2.75) is 32.6 Å². The van der Waals surface area contributed by atoms with Crippen LogP contribution in [-0.4, -0.2) is 31.8 Å². The molecule has 3 N–H and O–H groups in total. The molecule has 7 heteroatoms. The highest BCUT2D eigenvalue weighted by molar-refractivity contribution is 6.48. The standard InChI is InChI=1S/C26H28N2O5/c1-6-26(2,3)15-13-19(24(27)30)23(33-5)20(14-15)28-25(31)22(29)18-11-12-21(32-4)17-10-8-7-9-16(17)18/h7-14H,6H2,1-5H3,(H2,27,30)(H,28,31). The topological polar surface area (TPSA) is 108 Å². The lowest BCUT2D eigenvalue weighted by Gasteiger charge is -2.26. The number of hydrogen-bond donors (Lipinski definition) is 2. The van der Waals surface area contributed by atoms with Crippen molar-refractivity contribution in [1.82, 2.24) is 0 Å². The number of methoxy groups -OCH3 is 2. The van der Waals surface area contributed by atoms with Crippen LogP contribution in [0.2, 0.25) is 0 Å². The molecule has 0 aliphatic rings. The highest BCUT2D eigenvalue weighted by Gasteiger charge is 2.27. The van der Waals surface area contributed by atoms with Gasteiger partial charge in [0.1, 0.15) is 5.75 Å². The molecule has 0 saturated heterocycles. The van der Waals surface area contributed by atoms with Gasteiger partial charge in [0.2, 0.25) is 0 Å². The summed E-state index contributed by atoms with van der Waals surface area (Å²) in [6.07, 6.45) is 0.779. The first-order chi connectivity index (χ1) is 15.6. The Morgan fingerprint density at radius 1 is 0.939 bits per heavy atom. The third kappa shape index (κ3) is 4.53. The van der Waals surface area contributed by atoms with Crippen LogP contribution in [-0.2, 0) is 10.2 Å². The van der Waals surface area contributed by atoms with Gasteiger partial charge in [-0.05, 0) is 47.1 Å². The lowest BCUT2D eigenvalue weighted by Crippen LogP contribution is -2.25. The van der Waals surface area contributed by atoms with E-state index in [4.69, 9.17) is 15.2 Å². The Kier molecular flexibility index (Phi) is 6.72. The molecule has 0 aliphatic heterocycles. The van der Waals surface area contributed by atoms with Crippen LogP contribution >= 0.6 is 0 Å². The average molecular weight is 449 g/mol. The van der Waals surface area contributed by atoms with Gasteiger partial charge in [-0.25, -0.2) is 0 Å². The summed E-state index contributed by atoms with van der Waals surface area (Å²) < 4.78 is 10.8. The Hall–Kier alpha value is -3.87. The summed E-state index contributed by atoms with van der Waals surface area (Å²) in [5.41, 5.74) is 6.65. The van der Waals surface area contributed by atoms with Crippen molar-refractivity contribution in [3.8, 4) is 11.5 Å². The van der Waals surface area contributed by atoms with E-state index in [1.54, 1.807) is 43.5 Å². The average Bonchev–Trinajstić information content (AvgIpc) is 2.82. The first-order valence-electron chi connectivity index (χ1n) is 10.6. The molecule has 0 fully saturated rings. The molecule has 7 nitrogen and oxygen atoms in total. The summed E-state index contributed by atoms with van der Waals surface area (Å²) in [5.74, 6) is -1.56. The third-order valence-corrected chi connectivity index (χ3v) is 6.03.